The van der Waals surface area contributed by atoms with Gasteiger partial charge < -0.3 is 0 Å². The van der Waals surface area contributed by atoms with Gasteiger partial charge in [0.15, 0.2) is 5.65 Å². The summed E-state index contributed by atoms with van der Waals surface area (Å²) < 4.78 is 3.21. The molecule has 0 aliphatic rings. The third-order valence-corrected chi connectivity index (χ3v) is 5.07. The SMILES string of the molecule is Cn1c(=O)c2c3sc(-c4ccccc4)cc3nnc2n(C)c1=O. The van der Waals surface area contributed by atoms with Crippen LogP contribution in [-0.4, -0.2) is 19.3 Å². The van der Waals surface area contributed by atoms with Crippen LogP contribution in [0.3, 0.4) is 0 Å². The van der Waals surface area contributed by atoms with E-state index in [0.29, 0.717) is 16.6 Å². The van der Waals surface area contributed by atoms with E-state index < -0.39 is 5.69 Å². The van der Waals surface area contributed by atoms with Crippen LogP contribution in [0.15, 0.2) is 46.0 Å². The van der Waals surface area contributed by atoms with Gasteiger partial charge in [0.25, 0.3) is 5.56 Å². The van der Waals surface area contributed by atoms with E-state index in [-0.39, 0.29) is 5.56 Å². The summed E-state index contributed by atoms with van der Waals surface area (Å²) in [4.78, 5) is 25.6. The molecule has 0 radical (unpaired) electrons. The zero-order chi connectivity index (χ0) is 16.1. The first-order chi connectivity index (χ1) is 11.1. The van der Waals surface area contributed by atoms with Gasteiger partial charge in [-0.15, -0.1) is 21.5 Å². The van der Waals surface area contributed by atoms with Gasteiger partial charge in [0.05, 0.1) is 4.70 Å². The van der Waals surface area contributed by atoms with Crippen LogP contribution in [0.25, 0.3) is 31.7 Å². The summed E-state index contributed by atoms with van der Waals surface area (Å²) in [6, 6.07) is 11.8. The molecule has 114 valence electrons. The van der Waals surface area contributed by atoms with E-state index in [2.05, 4.69) is 10.2 Å². The molecule has 0 fully saturated rings. The Kier molecular flexibility index (Phi) is 2.92. The topological polar surface area (TPSA) is 69.8 Å². The highest BCUT2D eigenvalue weighted by atomic mass is 32.1. The summed E-state index contributed by atoms with van der Waals surface area (Å²) >= 11 is 1.49. The second kappa shape index (κ2) is 4.85. The number of rotatable bonds is 1. The number of aromatic nitrogens is 4. The summed E-state index contributed by atoms with van der Waals surface area (Å²) in [7, 11) is 3.07. The first-order valence-electron chi connectivity index (χ1n) is 6.99. The average Bonchev–Trinajstić information content (AvgIpc) is 3.02. The fraction of sp³-hybridized carbons (Fsp3) is 0.125. The minimum absolute atomic E-state index is 0.312. The molecule has 3 heterocycles. The van der Waals surface area contributed by atoms with Crippen LogP contribution in [0.2, 0.25) is 0 Å². The first-order valence-corrected chi connectivity index (χ1v) is 7.81. The van der Waals surface area contributed by atoms with Crippen molar-refractivity contribution in [1.29, 1.82) is 0 Å². The third-order valence-electron chi connectivity index (χ3n) is 3.88. The van der Waals surface area contributed by atoms with Gasteiger partial charge in [-0.25, -0.2) is 4.79 Å². The van der Waals surface area contributed by atoms with Crippen molar-refractivity contribution < 1.29 is 0 Å². The second-order valence-corrected chi connectivity index (χ2v) is 6.35. The molecule has 0 saturated carbocycles. The summed E-state index contributed by atoms with van der Waals surface area (Å²) in [5, 5.41) is 8.70. The van der Waals surface area contributed by atoms with Crippen LogP contribution >= 0.6 is 11.3 Å². The molecule has 0 amide bonds. The standard InChI is InChI=1S/C16H12N4O2S/c1-19-14-12(15(21)20(2)16(19)22)13-10(17-18-14)8-11(23-13)9-6-4-3-5-7-9/h3-8H,1-2H3. The summed E-state index contributed by atoms with van der Waals surface area (Å²) in [6.45, 7) is 0. The molecule has 0 atom stereocenters. The lowest BCUT2D eigenvalue weighted by molar-refractivity contribution is 0.705. The molecule has 1 aromatic carbocycles. The number of fused-ring (bicyclic) bond motifs is 3. The normalized spacial score (nSPS) is 11.4. The molecule has 3 aromatic heterocycles. The van der Waals surface area contributed by atoms with Crippen LogP contribution < -0.4 is 11.2 Å². The predicted molar refractivity (Wildman–Crippen MR) is 90.8 cm³/mol. The van der Waals surface area contributed by atoms with E-state index in [0.717, 1.165) is 19.7 Å². The minimum atomic E-state index is -0.406. The van der Waals surface area contributed by atoms with Gasteiger partial charge >= 0.3 is 5.69 Å². The number of hydrogen-bond donors (Lipinski definition) is 0. The Bertz CT molecular complexity index is 1170. The lowest BCUT2D eigenvalue weighted by atomic mass is 10.2. The summed E-state index contributed by atoms with van der Waals surface area (Å²) in [5.74, 6) is 0. The minimum Gasteiger partial charge on any atom is -0.279 e. The molecule has 6 nitrogen and oxygen atoms in total. The fourth-order valence-electron chi connectivity index (χ4n) is 2.63. The van der Waals surface area contributed by atoms with Gasteiger partial charge in [-0.3, -0.25) is 13.9 Å². The Balaban J connectivity index is 2.16. The highest BCUT2D eigenvalue weighted by Crippen LogP contribution is 2.34. The smallest absolute Gasteiger partial charge is 0.279 e. The molecular formula is C16H12N4O2S. The molecule has 23 heavy (non-hydrogen) atoms. The van der Waals surface area contributed by atoms with E-state index in [1.54, 1.807) is 7.05 Å². The molecule has 7 heteroatoms. The lowest BCUT2D eigenvalue weighted by Crippen LogP contribution is -2.37. The van der Waals surface area contributed by atoms with Crippen molar-refractivity contribution in [3.8, 4) is 10.4 Å². The van der Waals surface area contributed by atoms with Crippen LogP contribution in [0, 0.1) is 0 Å². The van der Waals surface area contributed by atoms with Gasteiger partial charge in [-0.1, -0.05) is 30.3 Å². The third kappa shape index (κ3) is 1.93. The van der Waals surface area contributed by atoms with Gasteiger partial charge in [0, 0.05) is 19.0 Å². The molecule has 0 bridgehead atoms. The number of thiophene rings is 1. The fourth-order valence-corrected chi connectivity index (χ4v) is 3.76. The van der Waals surface area contributed by atoms with Gasteiger partial charge in [0.1, 0.15) is 10.9 Å². The van der Waals surface area contributed by atoms with Crippen molar-refractivity contribution in [2.75, 3.05) is 0 Å². The van der Waals surface area contributed by atoms with Crippen molar-refractivity contribution >= 4 is 32.6 Å². The van der Waals surface area contributed by atoms with Crippen molar-refractivity contribution in [1.82, 2.24) is 19.3 Å². The van der Waals surface area contributed by atoms with E-state index in [4.69, 9.17) is 0 Å². The molecule has 0 unspecified atom stereocenters. The second-order valence-electron chi connectivity index (χ2n) is 5.30. The van der Waals surface area contributed by atoms with Gasteiger partial charge in [-0.05, 0) is 11.6 Å². The monoisotopic (exact) mass is 324 g/mol. The predicted octanol–water partition coefficient (Wildman–Crippen LogP) is 1.91. The Hall–Kier alpha value is -2.80. The Labute approximate surface area is 134 Å². The van der Waals surface area contributed by atoms with Crippen molar-refractivity contribution in [2.24, 2.45) is 14.1 Å². The van der Waals surface area contributed by atoms with E-state index in [1.165, 1.54) is 23.0 Å². The summed E-state index contributed by atoms with van der Waals surface area (Å²) in [5.41, 5.74) is 1.29. The van der Waals surface area contributed by atoms with Gasteiger partial charge in [0.2, 0.25) is 0 Å². The first kappa shape index (κ1) is 13.8. The van der Waals surface area contributed by atoms with Crippen molar-refractivity contribution in [3.63, 3.8) is 0 Å². The highest BCUT2D eigenvalue weighted by molar-refractivity contribution is 7.23. The lowest BCUT2D eigenvalue weighted by Gasteiger charge is -2.05. The average molecular weight is 324 g/mol. The maximum absolute atomic E-state index is 12.5. The van der Waals surface area contributed by atoms with E-state index >= 15 is 0 Å². The molecule has 4 rings (SSSR count). The largest absolute Gasteiger partial charge is 0.332 e. The molecule has 0 N–H and O–H groups in total. The van der Waals surface area contributed by atoms with Gasteiger partial charge in [-0.2, -0.15) is 0 Å². The number of aryl methyl sites for hydroxylation is 1. The number of hydrogen-bond acceptors (Lipinski definition) is 5. The van der Waals surface area contributed by atoms with Crippen LogP contribution in [0.4, 0.5) is 0 Å². The van der Waals surface area contributed by atoms with E-state index in [1.807, 2.05) is 36.4 Å². The Morgan fingerprint density at radius 2 is 1.74 bits per heavy atom. The number of nitrogens with zero attached hydrogens (tertiary/aromatic N) is 4. The molecule has 0 aliphatic heterocycles. The zero-order valence-electron chi connectivity index (χ0n) is 12.5. The molecule has 0 saturated heterocycles. The van der Waals surface area contributed by atoms with Crippen molar-refractivity contribution in [2.45, 2.75) is 0 Å². The molecule has 0 aliphatic carbocycles. The maximum atomic E-state index is 12.5. The van der Waals surface area contributed by atoms with Crippen LogP contribution in [0.1, 0.15) is 0 Å². The van der Waals surface area contributed by atoms with E-state index in [9.17, 15) is 9.59 Å². The molecule has 4 aromatic rings. The zero-order valence-corrected chi connectivity index (χ0v) is 13.3. The highest BCUT2D eigenvalue weighted by Gasteiger charge is 2.16. The van der Waals surface area contributed by atoms with Crippen LogP contribution in [-0.2, 0) is 14.1 Å². The maximum Gasteiger partial charge on any atom is 0.332 e. The quantitative estimate of drug-likeness (QED) is 0.536. The Morgan fingerprint density at radius 3 is 2.48 bits per heavy atom. The van der Waals surface area contributed by atoms with Crippen LogP contribution in [0.5, 0.6) is 0 Å². The molecule has 0 spiro atoms. The summed E-state index contributed by atoms with van der Waals surface area (Å²) in [6.07, 6.45) is 0. The molecular weight excluding hydrogens is 312 g/mol. The number of benzene rings is 1. The Morgan fingerprint density at radius 1 is 1.00 bits per heavy atom. The van der Waals surface area contributed by atoms with Crippen molar-refractivity contribution in [3.05, 3.63) is 57.2 Å².